The summed E-state index contributed by atoms with van der Waals surface area (Å²) in [4.78, 5) is 0. The molecule has 0 saturated carbocycles. The topological polar surface area (TPSA) is 12.0 Å². The molecular formula is C14H22ClNS. The molecular weight excluding hydrogens is 250 g/mol. The van der Waals surface area contributed by atoms with Gasteiger partial charge in [0.1, 0.15) is 0 Å². The van der Waals surface area contributed by atoms with Gasteiger partial charge in [0.15, 0.2) is 0 Å². The molecule has 1 unspecified atom stereocenters. The lowest BCUT2D eigenvalue weighted by Gasteiger charge is -2.14. The molecule has 0 bridgehead atoms. The molecule has 0 saturated heterocycles. The molecule has 0 amide bonds. The van der Waals surface area contributed by atoms with Crippen molar-refractivity contribution in [1.29, 1.82) is 0 Å². The molecule has 96 valence electrons. The quantitative estimate of drug-likeness (QED) is 0.717. The van der Waals surface area contributed by atoms with Gasteiger partial charge in [-0.25, -0.2) is 0 Å². The van der Waals surface area contributed by atoms with Crippen LogP contribution in [0.1, 0.15) is 25.3 Å². The fourth-order valence-corrected chi connectivity index (χ4v) is 2.49. The first-order valence-electron chi connectivity index (χ1n) is 6.19. The molecule has 1 atom stereocenters. The summed E-state index contributed by atoms with van der Waals surface area (Å²) in [7, 11) is 0. The van der Waals surface area contributed by atoms with E-state index in [0.717, 1.165) is 18.0 Å². The highest BCUT2D eigenvalue weighted by atomic mass is 35.5. The molecule has 0 radical (unpaired) electrons. The predicted molar refractivity (Wildman–Crippen MR) is 80.2 cm³/mol. The van der Waals surface area contributed by atoms with Crippen LogP contribution >= 0.6 is 23.4 Å². The summed E-state index contributed by atoms with van der Waals surface area (Å²) in [5, 5.41) is 4.43. The first kappa shape index (κ1) is 14.9. The number of hydrogen-bond acceptors (Lipinski definition) is 2. The Morgan fingerprint density at radius 2 is 2.06 bits per heavy atom. The second-order valence-corrected chi connectivity index (χ2v) is 5.74. The molecule has 0 aliphatic carbocycles. The summed E-state index contributed by atoms with van der Waals surface area (Å²) in [5.74, 6) is 1.26. The Kier molecular flexibility index (Phi) is 7.74. The van der Waals surface area contributed by atoms with Gasteiger partial charge >= 0.3 is 0 Å². The van der Waals surface area contributed by atoms with Gasteiger partial charge in [-0.1, -0.05) is 29.8 Å². The van der Waals surface area contributed by atoms with E-state index in [2.05, 4.69) is 24.6 Å². The number of thioether (sulfide) groups is 1. The number of rotatable bonds is 8. The highest BCUT2D eigenvalue weighted by Gasteiger charge is 2.05. The molecule has 1 aromatic rings. The van der Waals surface area contributed by atoms with Crippen molar-refractivity contribution in [2.45, 2.75) is 32.2 Å². The zero-order valence-electron chi connectivity index (χ0n) is 10.7. The van der Waals surface area contributed by atoms with E-state index in [0.29, 0.717) is 6.04 Å². The number of unbranched alkanes of at least 4 members (excludes halogenated alkanes) is 1. The Morgan fingerprint density at radius 3 is 2.76 bits per heavy atom. The molecule has 17 heavy (non-hydrogen) atoms. The highest BCUT2D eigenvalue weighted by Crippen LogP contribution is 2.16. The Labute approximate surface area is 114 Å². The largest absolute Gasteiger partial charge is 0.314 e. The fraction of sp³-hybridized carbons (Fsp3) is 0.571. The van der Waals surface area contributed by atoms with Crippen molar-refractivity contribution in [3.05, 3.63) is 34.9 Å². The second kappa shape index (κ2) is 8.84. The van der Waals surface area contributed by atoms with Crippen molar-refractivity contribution in [3.63, 3.8) is 0 Å². The molecule has 0 aliphatic rings. The summed E-state index contributed by atoms with van der Waals surface area (Å²) in [6, 6.07) is 8.58. The van der Waals surface area contributed by atoms with Crippen LogP contribution in [0.4, 0.5) is 0 Å². The second-order valence-electron chi connectivity index (χ2n) is 4.35. The summed E-state index contributed by atoms with van der Waals surface area (Å²) in [6.07, 6.45) is 5.72. The van der Waals surface area contributed by atoms with Crippen molar-refractivity contribution in [1.82, 2.24) is 5.32 Å². The van der Waals surface area contributed by atoms with Gasteiger partial charge in [0.25, 0.3) is 0 Å². The van der Waals surface area contributed by atoms with Crippen molar-refractivity contribution in [3.8, 4) is 0 Å². The summed E-state index contributed by atoms with van der Waals surface area (Å²) in [6.45, 7) is 3.32. The average Bonchev–Trinajstić information content (AvgIpc) is 2.32. The molecule has 0 fully saturated rings. The van der Waals surface area contributed by atoms with Crippen molar-refractivity contribution in [2.24, 2.45) is 0 Å². The Bertz CT molecular complexity index is 317. The zero-order valence-corrected chi connectivity index (χ0v) is 12.3. The molecule has 1 nitrogen and oxygen atoms in total. The van der Waals surface area contributed by atoms with E-state index in [-0.39, 0.29) is 0 Å². The third-order valence-corrected chi connectivity index (χ3v) is 3.82. The van der Waals surface area contributed by atoms with Gasteiger partial charge in [-0.3, -0.25) is 0 Å². The van der Waals surface area contributed by atoms with Gasteiger partial charge in [0.05, 0.1) is 0 Å². The van der Waals surface area contributed by atoms with Crippen molar-refractivity contribution < 1.29 is 0 Å². The maximum atomic E-state index is 6.14. The van der Waals surface area contributed by atoms with Gasteiger partial charge in [0.2, 0.25) is 0 Å². The normalized spacial score (nSPS) is 12.6. The summed E-state index contributed by atoms with van der Waals surface area (Å²) in [5.41, 5.74) is 1.23. The van der Waals surface area contributed by atoms with Crippen molar-refractivity contribution >= 4 is 23.4 Å². The zero-order chi connectivity index (χ0) is 12.5. The fourth-order valence-electron chi connectivity index (χ4n) is 1.79. The molecule has 1 rings (SSSR count). The van der Waals surface area contributed by atoms with Gasteiger partial charge in [0, 0.05) is 11.1 Å². The minimum atomic E-state index is 0.490. The molecule has 0 spiro atoms. The van der Waals surface area contributed by atoms with Gasteiger partial charge in [-0.15, -0.1) is 0 Å². The minimum absolute atomic E-state index is 0.490. The first-order valence-corrected chi connectivity index (χ1v) is 7.97. The van der Waals surface area contributed by atoms with Crippen LogP contribution in [0, 0.1) is 0 Å². The number of halogens is 1. The predicted octanol–water partition coefficient (Wildman–Crippen LogP) is 4.00. The van der Waals surface area contributed by atoms with Gasteiger partial charge in [-0.05, 0) is 56.4 Å². The molecule has 1 N–H and O–H groups in total. The number of hydrogen-bond donors (Lipinski definition) is 1. The van der Waals surface area contributed by atoms with Crippen LogP contribution in [-0.4, -0.2) is 24.6 Å². The SMILES string of the molecule is CSCCCCNC(C)Cc1ccccc1Cl. The smallest absolute Gasteiger partial charge is 0.0438 e. The Balaban J connectivity index is 2.21. The molecule has 0 aliphatic heterocycles. The highest BCUT2D eigenvalue weighted by molar-refractivity contribution is 7.98. The third kappa shape index (κ3) is 6.35. The van der Waals surface area contributed by atoms with Crippen LogP contribution < -0.4 is 5.32 Å². The van der Waals surface area contributed by atoms with Crippen LogP contribution in [0.5, 0.6) is 0 Å². The van der Waals surface area contributed by atoms with Crippen LogP contribution in [0.2, 0.25) is 5.02 Å². The maximum Gasteiger partial charge on any atom is 0.0438 e. The lowest BCUT2D eigenvalue weighted by Crippen LogP contribution is -2.29. The minimum Gasteiger partial charge on any atom is -0.314 e. The summed E-state index contributed by atoms with van der Waals surface area (Å²) < 4.78 is 0. The number of nitrogens with one attached hydrogen (secondary N) is 1. The van der Waals surface area contributed by atoms with Crippen LogP contribution in [-0.2, 0) is 6.42 Å². The number of benzene rings is 1. The van der Waals surface area contributed by atoms with E-state index in [1.54, 1.807) is 0 Å². The third-order valence-electron chi connectivity index (χ3n) is 2.75. The average molecular weight is 272 g/mol. The summed E-state index contributed by atoms with van der Waals surface area (Å²) >= 11 is 8.06. The Hall–Kier alpha value is -0.180. The maximum absolute atomic E-state index is 6.14. The molecule has 0 heterocycles. The van der Waals surface area contributed by atoms with Crippen molar-refractivity contribution in [2.75, 3.05) is 18.6 Å². The lowest BCUT2D eigenvalue weighted by molar-refractivity contribution is 0.532. The van der Waals surface area contributed by atoms with Crippen LogP contribution in [0.15, 0.2) is 24.3 Å². The van der Waals surface area contributed by atoms with E-state index < -0.39 is 0 Å². The monoisotopic (exact) mass is 271 g/mol. The van der Waals surface area contributed by atoms with Gasteiger partial charge < -0.3 is 5.32 Å². The molecule has 0 aromatic heterocycles. The van der Waals surface area contributed by atoms with E-state index in [1.165, 1.54) is 24.2 Å². The van der Waals surface area contributed by atoms with E-state index in [9.17, 15) is 0 Å². The van der Waals surface area contributed by atoms with Crippen LogP contribution in [0.25, 0.3) is 0 Å². The lowest BCUT2D eigenvalue weighted by atomic mass is 10.1. The first-order chi connectivity index (χ1) is 8.24. The van der Waals surface area contributed by atoms with Gasteiger partial charge in [-0.2, -0.15) is 11.8 Å². The van der Waals surface area contributed by atoms with E-state index in [4.69, 9.17) is 11.6 Å². The standard InChI is InChI=1S/C14H22ClNS/c1-12(16-9-5-6-10-17-2)11-13-7-3-4-8-14(13)15/h3-4,7-8,12,16H,5-6,9-11H2,1-2H3. The molecule has 1 aromatic carbocycles. The van der Waals surface area contributed by atoms with E-state index in [1.807, 2.05) is 30.0 Å². The van der Waals surface area contributed by atoms with Crippen LogP contribution in [0.3, 0.4) is 0 Å². The van der Waals surface area contributed by atoms with E-state index >= 15 is 0 Å². The molecule has 3 heteroatoms. The Morgan fingerprint density at radius 1 is 1.29 bits per heavy atom.